The van der Waals surface area contributed by atoms with Crippen molar-refractivity contribution in [3.05, 3.63) is 59.5 Å². The molecular formula is C17H13ClN6O2. The maximum absolute atomic E-state index is 5.95. The van der Waals surface area contributed by atoms with Crippen molar-refractivity contribution >= 4 is 11.6 Å². The molecule has 0 unspecified atom stereocenters. The van der Waals surface area contributed by atoms with Gasteiger partial charge in [-0.15, -0.1) is 15.3 Å². The predicted molar refractivity (Wildman–Crippen MR) is 93.6 cm³/mol. The fourth-order valence-electron chi connectivity index (χ4n) is 2.45. The molecule has 0 aliphatic rings. The first-order chi connectivity index (χ1) is 12.8. The number of hydrogen-bond acceptors (Lipinski definition) is 7. The minimum atomic E-state index is 0.268. The third-order valence-electron chi connectivity index (χ3n) is 3.67. The van der Waals surface area contributed by atoms with Gasteiger partial charge in [-0.2, -0.15) is 0 Å². The summed E-state index contributed by atoms with van der Waals surface area (Å²) in [6, 6.07) is 10.8. The first-order valence-electron chi connectivity index (χ1n) is 7.70. The van der Waals surface area contributed by atoms with Gasteiger partial charge in [0, 0.05) is 30.1 Å². The van der Waals surface area contributed by atoms with Crippen LogP contribution in [0.3, 0.4) is 0 Å². The molecule has 0 N–H and O–H groups in total. The SMILES string of the molecule is COCc1c(-c2nnc(-c3ccncc3)o2)nnn1-c1ccc(Cl)cc1. The van der Waals surface area contributed by atoms with Crippen LogP contribution in [0.2, 0.25) is 5.02 Å². The summed E-state index contributed by atoms with van der Waals surface area (Å²) in [6.45, 7) is 0.276. The summed E-state index contributed by atoms with van der Waals surface area (Å²) in [5.41, 5.74) is 2.74. The zero-order chi connectivity index (χ0) is 17.9. The largest absolute Gasteiger partial charge is 0.414 e. The summed E-state index contributed by atoms with van der Waals surface area (Å²) in [6.07, 6.45) is 3.32. The average Bonchev–Trinajstić information content (AvgIpc) is 3.31. The predicted octanol–water partition coefficient (Wildman–Crippen LogP) is 3.18. The molecule has 130 valence electrons. The third-order valence-corrected chi connectivity index (χ3v) is 3.92. The van der Waals surface area contributed by atoms with Crippen LogP contribution in [0.15, 0.2) is 53.2 Å². The highest BCUT2D eigenvalue weighted by Crippen LogP contribution is 2.26. The van der Waals surface area contributed by atoms with Gasteiger partial charge < -0.3 is 9.15 Å². The second-order valence-electron chi connectivity index (χ2n) is 5.35. The van der Waals surface area contributed by atoms with Crippen LogP contribution >= 0.6 is 11.6 Å². The highest BCUT2D eigenvalue weighted by Gasteiger charge is 2.21. The Morgan fingerprint density at radius 1 is 1.00 bits per heavy atom. The lowest BCUT2D eigenvalue weighted by molar-refractivity contribution is 0.179. The van der Waals surface area contributed by atoms with Crippen LogP contribution in [0, 0.1) is 0 Å². The second-order valence-corrected chi connectivity index (χ2v) is 5.79. The molecule has 26 heavy (non-hydrogen) atoms. The lowest BCUT2D eigenvalue weighted by Gasteiger charge is -2.06. The van der Waals surface area contributed by atoms with E-state index >= 15 is 0 Å². The summed E-state index contributed by atoms with van der Waals surface area (Å²) in [5, 5.41) is 17.2. The molecule has 0 aliphatic heterocycles. The normalized spacial score (nSPS) is 11.0. The van der Waals surface area contributed by atoms with E-state index in [0.29, 0.717) is 22.3 Å². The zero-order valence-electron chi connectivity index (χ0n) is 13.7. The van der Waals surface area contributed by atoms with Crippen molar-refractivity contribution < 1.29 is 9.15 Å². The van der Waals surface area contributed by atoms with Crippen molar-refractivity contribution in [3.63, 3.8) is 0 Å². The third kappa shape index (κ3) is 3.07. The minimum absolute atomic E-state index is 0.268. The van der Waals surface area contributed by atoms with Crippen LogP contribution in [0.25, 0.3) is 28.7 Å². The van der Waals surface area contributed by atoms with Crippen molar-refractivity contribution in [2.75, 3.05) is 7.11 Å². The van der Waals surface area contributed by atoms with E-state index in [0.717, 1.165) is 11.3 Å². The Balaban J connectivity index is 1.75. The van der Waals surface area contributed by atoms with Gasteiger partial charge in [-0.05, 0) is 36.4 Å². The van der Waals surface area contributed by atoms with Gasteiger partial charge in [0.15, 0.2) is 5.69 Å². The smallest absolute Gasteiger partial charge is 0.270 e. The Morgan fingerprint density at radius 3 is 2.46 bits per heavy atom. The summed E-state index contributed by atoms with van der Waals surface area (Å²) in [7, 11) is 1.60. The maximum Gasteiger partial charge on any atom is 0.270 e. The first kappa shape index (κ1) is 16.4. The number of hydrogen-bond donors (Lipinski definition) is 0. The fourth-order valence-corrected chi connectivity index (χ4v) is 2.58. The molecule has 8 nitrogen and oxygen atoms in total. The molecule has 4 aromatic rings. The minimum Gasteiger partial charge on any atom is -0.414 e. The van der Waals surface area contributed by atoms with Gasteiger partial charge in [-0.1, -0.05) is 16.8 Å². The molecule has 0 saturated heterocycles. The van der Waals surface area contributed by atoms with E-state index in [4.69, 9.17) is 20.8 Å². The average molecular weight is 369 g/mol. The number of benzene rings is 1. The van der Waals surface area contributed by atoms with Crippen LogP contribution in [0.5, 0.6) is 0 Å². The van der Waals surface area contributed by atoms with Crippen molar-refractivity contribution in [1.29, 1.82) is 0 Å². The van der Waals surface area contributed by atoms with Gasteiger partial charge in [0.25, 0.3) is 5.89 Å². The van der Waals surface area contributed by atoms with E-state index in [9.17, 15) is 0 Å². The molecule has 0 spiro atoms. The Hall–Kier alpha value is -3.10. The summed E-state index contributed by atoms with van der Waals surface area (Å²) in [4.78, 5) is 3.98. The number of rotatable bonds is 5. The molecule has 1 aromatic carbocycles. The van der Waals surface area contributed by atoms with Gasteiger partial charge in [0.1, 0.15) is 5.69 Å². The molecule has 3 heterocycles. The number of ether oxygens (including phenoxy) is 1. The number of pyridine rings is 1. The summed E-state index contributed by atoms with van der Waals surface area (Å²) < 4.78 is 12.7. The van der Waals surface area contributed by atoms with Gasteiger partial charge in [0.05, 0.1) is 12.3 Å². The molecule has 4 rings (SSSR count). The van der Waals surface area contributed by atoms with Crippen molar-refractivity contribution in [2.45, 2.75) is 6.61 Å². The highest BCUT2D eigenvalue weighted by molar-refractivity contribution is 6.30. The van der Waals surface area contributed by atoms with E-state index in [2.05, 4.69) is 25.5 Å². The zero-order valence-corrected chi connectivity index (χ0v) is 14.5. The Kier molecular flexibility index (Phi) is 4.42. The van der Waals surface area contributed by atoms with Crippen molar-refractivity contribution in [2.24, 2.45) is 0 Å². The molecule has 9 heteroatoms. The molecule has 0 aliphatic carbocycles. The van der Waals surface area contributed by atoms with Gasteiger partial charge in [0.2, 0.25) is 5.89 Å². The summed E-state index contributed by atoms with van der Waals surface area (Å²) in [5.74, 6) is 0.649. The van der Waals surface area contributed by atoms with Crippen LogP contribution < -0.4 is 0 Å². The molecule has 0 amide bonds. The second kappa shape index (κ2) is 7.03. The maximum atomic E-state index is 5.95. The monoisotopic (exact) mass is 368 g/mol. The van der Waals surface area contributed by atoms with E-state index in [-0.39, 0.29) is 12.5 Å². The van der Waals surface area contributed by atoms with Crippen molar-refractivity contribution in [1.82, 2.24) is 30.2 Å². The molecule has 0 fully saturated rings. The van der Waals surface area contributed by atoms with Crippen LogP contribution in [-0.2, 0) is 11.3 Å². The Bertz CT molecular complexity index is 1010. The van der Waals surface area contributed by atoms with Gasteiger partial charge >= 0.3 is 0 Å². The van der Waals surface area contributed by atoms with Gasteiger partial charge in [-0.3, -0.25) is 4.98 Å². The Morgan fingerprint density at radius 2 is 1.73 bits per heavy atom. The van der Waals surface area contributed by atoms with Crippen LogP contribution in [0.4, 0.5) is 0 Å². The van der Waals surface area contributed by atoms with Crippen LogP contribution in [-0.4, -0.2) is 37.3 Å². The van der Waals surface area contributed by atoms with Crippen LogP contribution in [0.1, 0.15) is 5.69 Å². The highest BCUT2D eigenvalue weighted by atomic mass is 35.5. The molecule has 0 radical (unpaired) electrons. The Labute approximate surface area is 153 Å². The molecule has 3 aromatic heterocycles. The van der Waals surface area contributed by atoms with E-state index in [1.54, 1.807) is 48.5 Å². The lowest BCUT2D eigenvalue weighted by Crippen LogP contribution is -2.04. The van der Waals surface area contributed by atoms with E-state index in [1.165, 1.54) is 0 Å². The van der Waals surface area contributed by atoms with Crippen molar-refractivity contribution in [3.8, 4) is 28.7 Å². The molecular weight excluding hydrogens is 356 g/mol. The topological polar surface area (TPSA) is 91.8 Å². The molecule has 0 atom stereocenters. The standard InChI is InChI=1S/C17H13ClN6O2/c1-25-10-14-15(20-23-24(14)13-4-2-12(18)3-5-13)17-22-21-16(26-17)11-6-8-19-9-7-11/h2-9H,10H2,1H3. The molecule has 0 bridgehead atoms. The number of methoxy groups -OCH3 is 1. The quantitative estimate of drug-likeness (QED) is 0.534. The van der Waals surface area contributed by atoms with E-state index in [1.807, 2.05) is 12.1 Å². The number of halogens is 1. The number of aromatic nitrogens is 6. The first-order valence-corrected chi connectivity index (χ1v) is 8.08. The summed E-state index contributed by atoms with van der Waals surface area (Å²) >= 11 is 5.95. The number of nitrogens with zero attached hydrogens (tertiary/aromatic N) is 6. The fraction of sp³-hybridized carbons (Fsp3) is 0.118. The van der Waals surface area contributed by atoms with Gasteiger partial charge in [-0.25, -0.2) is 4.68 Å². The van der Waals surface area contributed by atoms with E-state index < -0.39 is 0 Å². The molecule has 0 saturated carbocycles. The lowest BCUT2D eigenvalue weighted by atomic mass is 10.2.